The van der Waals surface area contributed by atoms with Crippen LogP contribution in [0.15, 0.2) is 4.99 Å². The van der Waals surface area contributed by atoms with Crippen LogP contribution in [-0.2, 0) is 9.47 Å². The van der Waals surface area contributed by atoms with Gasteiger partial charge in [-0.3, -0.25) is 4.99 Å². The lowest BCUT2D eigenvalue weighted by Gasteiger charge is -2.34. The first-order chi connectivity index (χ1) is 12.3. The second-order valence-corrected chi connectivity index (χ2v) is 8.39. The molecule has 2 aliphatic rings. The Kier molecular flexibility index (Phi) is 10.1. The van der Waals surface area contributed by atoms with Crippen LogP contribution in [0.5, 0.6) is 0 Å². The predicted octanol–water partition coefficient (Wildman–Crippen LogP) is 2.80. The smallest absolute Gasteiger partial charge is 0.410 e. The van der Waals surface area contributed by atoms with Gasteiger partial charge in [0.05, 0.1) is 6.61 Å². The molecule has 1 N–H and O–H groups in total. The average Bonchev–Trinajstić information content (AvgIpc) is 3.03. The Morgan fingerprint density at radius 3 is 2.26 bits per heavy atom. The maximum Gasteiger partial charge on any atom is 0.410 e. The number of nitrogens with zero attached hydrogens (tertiary/aromatic N) is 3. The molecule has 2 rings (SSSR count). The van der Waals surface area contributed by atoms with Crippen molar-refractivity contribution in [2.45, 2.75) is 45.6 Å². The van der Waals surface area contributed by atoms with Gasteiger partial charge < -0.3 is 24.6 Å². The Labute approximate surface area is 181 Å². The van der Waals surface area contributed by atoms with Crippen LogP contribution in [0.3, 0.4) is 0 Å². The average molecular weight is 496 g/mol. The van der Waals surface area contributed by atoms with E-state index in [1.807, 2.05) is 32.7 Å². The van der Waals surface area contributed by atoms with Crippen molar-refractivity contribution < 1.29 is 14.3 Å². The lowest BCUT2D eigenvalue weighted by atomic mass is 9.97. The first-order valence-corrected chi connectivity index (χ1v) is 9.75. The van der Waals surface area contributed by atoms with E-state index in [4.69, 9.17) is 9.47 Å². The van der Waals surface area contributed by atoms with Gasteiger partial charge in [0, 0.05) is 52.8 Å². The van der Waals surface area contributed by atoms with Gasteiger partial charge in [0.25, 0.3) is 0 Å². The molecule has 2 aliphatic heterocycles. The normalized spacial score (nSPS) is 21.8. The molecule has 0 radical (unpaired) electrons. The molecule has 1 unspecified atom stereocenters. The van der Waals surface area contributed by atoms with Crippen LogP contribution in [0.25, 0.3) is 0 Å². The van der Waals surface area contributed by atoms with Gasteiger partial charge in [0.2, 0.25) is 0 Å². The lowest BCUT2D eigenvalue weighted by Crippen LogP contribution is -2.46. The summed E-state index contributed by atoms with van der Waals surface area (Å²) in [4.78, 5) is 20.7. The largest absolute Gasteiger partial charge is 0.444 e. The summed E-state index contributed by atoms with van der Waals surface area (Å²) in [6.45, 7) is 11.0. The summed E-state index contributed by atoms with van der Waals surface area (Å²) < 4.78 is 10.7. The number of piperidine rings is 1. The molecule has 7 nitrogen and oxygen atoms in total. The summed E-state index contributed by atoms with van der Waals surface area (Å²) in [7, 11) is 3.61. The number of guanidine groups is 1. The molecular weight excluding hydrogens is 459 g/mol. The molecule has 0 aromatic heterocycles. The highest BCUT2D eigenvalue weighted by molar-refractivity contribution is 14.0. The summed E-state index contributed by atoms with van der Waals surface area (Å²) in [6.07, 6.45) is 2.95. The van der Waals surface area contributed by atoms with E-state index < -0.39 is 5.60 Å². The molecule has 0 aromatic rings. The highest BCUT2D eigenvalue weighted by Crippen LogP contribution is 2.20. The minimum Gasteiger partial charge on any atom is -0.444 e. The van der Waals surface area contributed by atoms with Crippen molar-refractivity contribution >= 4 is 36.0 Å². The summed E-state index contributed by atoms with van der Waals surface area (Å²) >= 11 is 0. The molecule has 0 aromatic carbocycles. The zero-order valence-corrected chi connectivity index (χ0v) is 19.8. The van der Waals surface area contributed by atoms with Gasteiger partial charge in [-0.1, -0.05) is 0 Å². The first kappa shape index (κ1) is 24.3. The maximum atomic E-state index is 12.1. The van der Waals surface area contributed by atoms with Crippen molar-refractivity contribution in [1.82, 2.24) is 15.1 Å². The van der Waals surface area contributed by atoms with Crippen molar-refractivity contribution in [3.63, 3.8) is 0 Å². The number of rotatable bonds is 4. The molecule has 27 heavy (non-hydrogen) atoms. The van der Waals surface area contributed by atoms with Crippen LogP contribution in [-0.4, -0.2) is 80.9 Å². The molecule has 0 saturated carbocycles. The van der Waals surface area contributed by atoms with Crippen molar-refractivity contribution in [2.75, 3.05) is 53.5 Å². The Morgan fingerprint density at radius 2 is 1.70 bits per heavy atom. The number of likely N-dealkylation sites (tertiary alicyclic amines) is 2. The van der Waals surface area contributed by atoms with E-state index in [0.29, 0.717) is 11.8 Å². The number of ether oxygens (including phenoxy) is 2. The zero-order chi connectivity index (χ0) is 19.2. The lowest BCUT2D eigenvalue weighted by molar-refractivity contribution is 0.0185. The third-order valence-corrected chi connectivity index (χ3v) is 5.01. The number of methoxy groups -OCH3 is 1. The van der Waals surface area contributed by atoms with Gasteiger partial charge in [-0.2, -0.15) is 0 Å². The van der Waals surface area contributed by atoms with Crippen LogP contribution in [0, 0.1) is 11.8 Å². The number of halogens is 1. The quantitative estimate of drug-likeness (QED) is 0.369. The summed E-state index contributed by atoms with van der Waals surface area (Å²) in [6, 6.07) is 0. The second-order valence-electron chi connectivity index (χ2n) is 8.39. The highest BCUT2D eigenvalue weighted by Gasteiger charge is 2.28. The third kappa shape index (κ3) is 8.01. The number of carbonyl (C=O) groups is 1. The monoisotopic (exact) mass is 496 g/mol. The van der Waals surface area contributed by atoms with Gasteiger partial charge in [-0.25, -0.2) is 4.79 Å². The molecule has 0 bridgehead atoms. The van der Waals surface area contributed by atoms with Crippen LogP contribution in [0.4, 0.5) is 4.79 Å². The number of carbonyl (C=O) groups excluding carboxylic acids is 1. The van der Waals surface area contributed by atoms with E-state index in [9.17, 15) is 4.79 Å². The molecule has 0 aliphatic carbocycles. The molecule has 8 heteroatoms. The van der Waals surface area contributed by atoms with Crippen molar-refractivity contribution in [3.8, 4) is 0 Å². The second kappa shape index (κ2) is 11.3. The number of hydrogen-bond acceptors (Lipinski definition) is 4. The minimum absolute atomic E-state index is 0. The van der Waals surface area contributed by atoms with Gasteiger partial charge in [-0.15, -0.1) is 24.0 Å². The van der Waals surface area contributed by atoms with Crippen LogP contribution in [0.2, 0.25) is 0 Å². The standard InChI is InChI=1S/C19H36N4O3.HI/c1-19(2,3)26-18(24)22-9-6-15(7-10-22)12-21-17(20-4)23-11-8-16(13-23)14-25-5;/h15-16H,6-14H2,1-5H3,(H,20,21);1H. The number of amides is 1. The molecular formula is C19H37IN4O3. The number of hydrogen-bond donors (Lipinski definition) is 1. The van der Waals surface area contributed by atoms with Gasteiger partial charge in [0.1, 0.15) is 5.60 Å². The van der Waals surface area contributed by atoms with E-state index in [0.717, 1.165) is 64.6 Å². The Bertz CT molecular complexity index is 488. The Morgan fingerprint density at radius 1 is 1.11 bits per heavy atom. The van der Waals surface area contributed by atoms with Gasteiger partial charge in [-0.05, 0) is 46.0 Å². The first-order valence-electron chi connectivity index (χ1n) is 9.75. The Balaban J connectivity index is 0.00000364. The molecule has 2 heterocycles. The molecule has 1 amide bonds. The molecule has 2 saturated heterocycles. The van der Waals surface area contributed by atoms with E-state index in [2.05, 4.69) is 15.2 Å². The number of nitrogens with one attached hydrogen (secondary N) is 1. The highest BCUT2D eigenvalue weighted by atomic mass is 127. The fourth-order valence-corrected chi connectivity index (χ4v) is 3.61. The fourth-order valence-electron chi connectivity index (χ4n) is 3.61. The van der Waals surface area contributed by atoms with E-state index in [1.165, 1.54) is 0 Å². The van der Waals surface area contributed by atoms with Crippen molar-refractivity contribution in [1.29, 1.82) is 0 Å². The third-order valence-electron chi connectivity index (χ3n) is 5.01. The molecule has 1 atom stereocenters. The van der Waals surface area contributed by atoms with Crippen molar-refractivity contribution in [2.24, 2.45) is 16.8 Å². The van der Waals surface area contributed by atoms with E-state index >= 15 is 0 Å². The topological polar surface area (TPSA) is 66.4 Å². The maximum absolute atomic E-state index is 12.1. The zero-order valence-electron chi connectivity index (χ0n) is 17.5. The summed E-state index contributed by atoms with van der Waals surface area (Å²) in [5.41, 5.74) is -0.432. The van der Waals surface area contributed by atoms with Crippen molar-refractivity contribution in [3.05, 3.63) is 0 Å². The van der Waals surface area contributed by atoms with E-state index in [-0.39, 0.29) is 30.1 Å². The predicted molar refractivity (Wildman–Crippen MR) is 119 cm³/mol. The van der Waals surface area contributed by atoms with Crippen LogP contribution < -0.4 is 5.32 Å². The number of aliphatic imine (C=N–C) groups is 1. The molecule has 0 spiro atoms. The molecule has 158 valence electrons. The SMILES string of the molecule is CN=C(NCC1CCN(C(=O)OC(C)(C)C)CC1)N1CCC(COC)C1.I. The Hall–Kier alpha value is -0.770. The van der Waals surface area contributed by atoms with E-state index in [1.54, 1.807) is 7.11 Å². The van der Waals surface area contributed by atoms with Gasteiger partial charge in [0.15, 0.2) is 5.96 Å². The summed E-state index contributed by atoms with van der Waals surface area (Å²) in [5, 5.41) is 3.53. The fraction of sp³-hybridized carbons (Fsp3) is 0.895. The van der Waals surface area contributed by atoms with Crippen LogP contribution >= 0.6 is 24.0 Å². The molecule has 2 fully saturated rings. The van der Waals surface area contributed by atoms with Crippen LogP contribution in [0.1, 0.15) is 40.0 Å². The summed E-state index contributed by atoms with van der Waals surface area (Å²) in [5.74, 6) is 2.14. The minimum atomic E-state index is -0.432. The van der Waals surface area contributed by atoms with Gasteiger partial charge >= 0.3 is 6.09 Å².